The molecule has 0 aromatic carbocycles. The van der Waals surface area contributed by atoms with Gasteiger partial charge < -0.3 is 0 Å². The molecular weight excluding hydrogens is 180 g/mol. The van der Waals surface area contributed by atoms with Crippen LogP contribution in [0.5, 0.6) is 0 Å². The van der Waals surface area contributed by atoms with Gasteiger partial charge in [0.1, 0.15) is 0 Å². The molecule has 15 heavy (non-hydrogen) atoms. The fourth-order valence-electron chi connectivity index (χ4n) is 3.96. The highest BCUT2D eigenvalue weighted by atomic mass is 14.4. The van der Waals surface area contributed by atoms with Gasteiger partial charge >= 0.3 is 0 Å². The van der Waals surface area contributed by atoms with E-state index in [0.717, 1.165) is 23.7 Å². The van der Waals surface area contributed by atoms with Crippen LogP contribution in [0.1, 0.15) is 33.6 Å². The van der Waals surface area contributed by atoms with Gasteiger partial charge in [-0.05, 0) is 48.7 Å². The summed E-state index contributed by atoms with van der Waals surface area (Å²) in [6.07, 6.45) is 9.79. The van der Waals surface area contributed by atoms with Crippen molar-refractivity contribution in [2.75, 3.05) is 0 Å². The SMILES string of the molecule is CC1=C2C[C@H](C(C)CC2C)C2C=CC=C12. The van der Waals surface area contributed by atoms with E-state index < -0.39 is 0 Å². The van der Waals surface area contributed by atoms with Gasteiger partial charge in [0.25, 0.3) is 0 Å². The molecule has 0 aromatic heterocycles. The van der Waals surface area contributed by atoms with E-state index in [-0.39, 0.29) is 0 Å². The molecule has 1 fully saturated rings. The van der Waals surface area contributed by atoms with Gasteiger partial charge in [0.15, 0.2) is 0 Å². The number of hydrogen-bond acceptors (Lipinski definition) is 0. The van der Waals surface area contributed by atoms with Gasteiger partial charge in [-0.1, -0.05) is 37.6 Å². The van der Waals surface area contributed by atoms with Crippen molar-refractivity contribution in [1.29, 1.82) is 0 Å². The maximum absolute atomic E-state index is 2.45. The van der Waals surface area contributed by atoms with Crippen LogP contribution in [-0.4, -0.2) is 0 Å². The first-order valence-corrected chi connectivity index (χ1v) is 6.27. The predicted molar refractivity (Wildman–Crippen MR) is 64.5 cm³/mol. The molecule has 0 aliphatic heterocycles. The fraction of sp³-hybridized carbons (Fsp3) is 0.600. The summed E-state index contributed by atoms with van der Waals surface area (Å²) in [7, 11) is 0. The highest BCUT2D eigenvalue weighted by Crippen LogP contribution is 2.51. The second kappa shape index (κ2) is 3.10. The van der Waals surface area contributed by atoms with Crippen molar-refractivity contribution < 1.29 is 0 Å². The van der Waals surface area contributed by atoms with E-state index in [9.17, 15) is 0 Å². The first-order valence-electron chi connectivity index (χ1n) is 6.27. The van der Waals surface area contributed by atoms with Gasteiger partial charge in [0, 0.05) is 5.92 Å². The molecule has 4 atom stereocenters. The van der Waals surface area contributed by atoms with E-state index in [4.69, 9.17) is 0 Å². The molecule has 2 bridgehead atoms. The Kier molecular flexibility index (Phi) is 1.95. The molecular formula is C15H20. The average Bonchev–Trinajstić information content (AvgIpc) is 2.66. The van der Waals surface area contributed by atoms with Crippen LogP contribution in [0.3, 0.4) is 0 Å². The summed E-state index contributed by atoms with van der Waals surface area (Å²) in [5.41, 5.74) is 4.99. The standard InChI is InChI=1S/C15H20/c1-9-7-10(2)15-8-14(9)11(3)12-5-4-6-13(12)15/h4-6,9-10,13,15H,7-8H2,1-3H3/t9?,10?,13?,15-/m1/s1. The predicted octanol–water partition coefficient (Wildman–Crippen LogP) is 4.11. The molecule has 0 aromatic rings. The third-order valence-electron chi connectivity index (χ3n) is 4.84. The van der Waals surface area contributed by atoms with Gasteiger partial charge in [0.2, 0.25) is 0 Å². The lowest BCUT2D eigenvalue weighted by atomic mass is 9.61. The summed E-state index contributed by atoms with van der Waals surface area (Å²) in [6.45, 7) is 7.20. The van der Waals surface area contributed by atoms with E-state index in [0.29, 0.717) is 0 Å². The summed E-state index contributed by atoms with van der Waals surface area (Å²) in [5, 5.41) is 0. The Morgan fingerprint density at radius 3 is 2.87 bits per heavy atom. The van der Waals surface area contributed by atoms with Crippen molar-refractivity contribution in [2.24, 2.45) is 23.7 Å². The minimum atomic E-state index is 0.747. The zero-order valence-corrected chi connectivity index (χ0v) is 9.96. The van der Waals surface area contributed by atoms with Crippen LogP contribution in [0.2, 0.25) is 0 Å². The topological polar surface area (TPSA) is 0 Å². The highest BCUT2D eigenvalue weighted by molar-refractivity contribution is 5.48. The van der Waals surface area contributed by atoms with Gasteiger partial charge in [0.05, 0.1) is 0 Å². The quantitative estimate of drug-likeness (QED) is 0.552. The molecule has 1 saturated carbocycles. The van der Waals surface area contributed by atoms with Gasteiger partial charge in [-0.3, -0.25) is 0 Å². The van der Waals surface area contributed by atoms with Crippen LogP contribution in [-0.2, 0) is 0 Å². The van der Waals surface area contributed by atoms with Crippen LogP contribution in [0.25, 0.3) is 0 Å². The molecule has 0 N–H and O–H groups in total. The molecule has 0 nitrogen and oxygen atoms in total. The Labute approximate surface area is 92.8 Å². The lowest BCUT2D eigenvalue weighted by Crippen LogP contribution is -2.33. The van der Waals surface area contributed by atoms with Crippen LogP contribution >= 0.6 is 0 Å². The monoisotopic (exact) mass is 200 g/mol. The molecule has 3 aliphatic carbocycles. The second-order valence-electron chi connectivity index (χ2n) is 5.66. The van der Waals surface area contributed by atoms with Crippen molar-refractivity contribution in [2.45, 2.75) is 33.6 Å². The molecule has 3 rings (SSSR count). The van der Waals surface area contributed by atoms with E-state index in [1.54, 1.807) is 16.7 Å². The summed E-state index contributed by atoms with van der Waals surface area (Å²) in [5.74, 6) is 3.35. The lowest BCUT2D eigenvalue weighted by molar-refractivity contribution is 0.213. The molecule has 0 amide bonds. The first-order chi connectivity index (χ1) is 7.18. The van der Waals surface area contributed by atoms with Gasteiger partial charge in [-0.2, -0.15) is 0 Å². The molecule has 0 heterocycles. The number of hydrogen-bond donors (Lipinski definition) is 0. The van der Waals surface area contributed by atoms with Gasteiger partial charge in [-0.25, -0.2) is 0 Å². The lowest BCUT2D eigenvalue weighted by Gasteiger charge is -2.44. The van der Waals surface area contributed by atoms with Crippen molar-refractivity contribution in [1.82, 2.24) is 0 Å². The largest absolute Gasteiger partial charge is 0.0767 e. The van der Waals surface area contributed by atoms with E-state index >= 15 is 0 Å². The Hall–Kier alpha value is -0.780. The summed E-state index contributed by atoms with van der Waals surface area (Å²) in [6, 6.07) is 0. The Morgan fingerprint density at radius 2 is 2.07 bits per heavy atom. The van der Waals surface area contributed by atoms with E-state index in [1.807, 2.05) is 0 Å². The van der Waals surface area contributed by atoms with Crippen LogP contribution in [0.15, 0.2) is 34.9 Å². The van der Waals surface area contributed by atoms with Crippen LogP contribution in [0.4, 0.5) is 0 Å². The summed E-state index contributed by atoms with van der Waals surface area (Å²) in [4.78, 5) is 0. The van der Waals surface area contributed by atoms with Crippen molar-refractivity contribution in [3.8, 4) is 0 Å². The van der Waals surface area contributed by atoms with E-state index in [2.05, 4.69) is 39.0 Å². The molecule has 3 unspecified atom stereocenters. The van der Waals surface area contributed by atoms with Crippen molar-refractivity contribution in [3.63, 3.8) is 0 Å². The molecule has 3 aliphatic rings. The zero-order chi connectivity index (χ0) is 10.6. The fourth-order valence-corrected chi connectivity index (χ4v) is 3.96. The Balaban J connectivity index is 2.11. The number of fused-ring (bicyclic) bond motifs is 4. The zero-order valence-electron chi connectivity index (χ0n) is 9.96. The second-order valence-corrected chi connectivity index (χ2v) is 5.66. The average molecular weight is 200 g/mol. The number of rotatable bonds is 0. The minimum absolute atomic E-state index is 0.747. The van der Waals surface area contributed by atoms with Crippen molar-refractivity contribution in [3.05, 3.63) is 34.9 Å². The van der Waals surface area contributed by atoms with Crippen molar-refractivity contribution >= 4 is 0 Å². The molecule has 0 radical (unpaired) electrons. The highest BCUT2D eigenvalue weighted by Gasteiger charge is 2.40. The van der Waals surface area contributed by atoms with Gasteiger partial charge in [-0.15, -0.1) is 0 Å². The summed E-state index contributed by atoms with van der Waals surface area (Å²) >= 11 is 0. The molecule has 80 valence electrons. The molecule has 0 heteroatoms. The minimum Gasteiger partial charge on any atom is -0.0767 e. The molecule has 0 saturated heterocycles. The maximum Gasteiger partial charge on any atom is 0.00575 e. The summed E-state index contributed by atoms with van der Waals surface area (Å²) < 4.78 is 0. The van der Waals surface area contributed by atoms with Crippen LogP contribution < -0.4 is 0 Å². The smallest absolute Gasteiger partial charge is 0.00575 e. The van der Waals surface area contributed by atoms with E-state index in [1.165, 1.54) is 12.8 Å². The molecule has 0 spiro atoms. The van der Waals surface area contributed by atoms with Crippen LogP contribution in [0, 0.1) is 23.7 Å². The number of allylic oxidation sites excluding steroid dienone is 6. The third-order valence-corrected chi connectivity index (χ3v) is 4.84. The Morgan fingerprint density at radius 1 is 1.27 bits per heavy atom. The first kappa shape index (κ1) is 9.45. The third kappa shape index (κ3) is 1.20. The maximum atomic E-state index is 2.45. The Bertz CT molecular complexity index is 381. The normalized spacial score (nSPS) is 43.0.